The molecule has 1 aromatic carbocycles. The van der Waals surface area contributed by atoms with E-state index >= 15 is 0 Å². The van der Waals surface area contributed by atoms with Gasteiger partial charge in [0.2, 0.25) is 0 Å². The van der Waals surface area contributed by atoms with E-state index in [4.69, 9.17) is 14.4 Å². The first-order chi connectivity index (χ1) is 12.0. The molecule has 2 rings (SSSR count). The molecule has 2 amide bonds. The monoisotopic (exact) mass is 347 g/mol. The summed E-state index contributed by atoms with van der Waals surface area (Å²) in [5, 5.41) is 17.3. The number of hydrogen-bond donors (Lipinski definition) is 3. The summed E-state index contributed by atoms with van der Waals surface area (Å²) < 4.78 is 9.82. The molecule has 2 aromatic rings. The number of hydrogen-bond acceptors (Lipinski definition) is 6. The number of nitrogens with one attached hydrogen (secondary N) is 2. The van der Waals surface area contributed by atoms with Crippen molar-refractivity contribution in [3.8, 4) is 0 Å². The van der Waals surface area contributed by atoms with Gasteiger partial charge in [0.25, 0.3) is 11.8 Å². The summed E-state index contributed by atoms with van der Waals surface area (Å²) in [6.07, 6.45) is -0.150. The van der Waals surface area contributed by atoms with Crippen molar-refractivity contribution < 1.29 is 28.8 Å². The molecule has 0 bridgehead atoms. The van der Waals surface area contributed by atoms with Crippen LogP contribution in [0.4, 0.5) is 5.69 Å². The van der Waals surface area contributed by atoms with E-state index < -0.39 is 11.9 Å². The summed E-state index contributed by atoms with van der Waals surface area (Å²) in [7, 11) is 1.50. The zero-order valence-corrected chi connectivity index (χ0v) is 13.4. The number of carboxylic acids is 1. The molecule has 0 saturated heterocycles. The molecule has 0 spiro atoms. The van der Waals surface area contributed by atoms with Gasteiger partial charge in [0.15, 0.2) is 11.5 Å². The van der Waals surface area contributed by atoms with E-state index in [0.29, 0.717) is 17.0 Å². The summed E-state index contributed by atoms with van der Waals surface area (Å²) in [4.78, 5) is 34.3. The lowest BCUT2D eigenvalue weighted by Gasteiger charge is -2.06. The molecule has 0 saturated carbocycles. The van der Waals surface area contributed by atoms with Crippen LogP contribution in [0.3, 0.4) is 0 Å². The number of benzene rings is 1. The summed E-state index contributed by atoms with van der Waals surface area (Å²) in [5.74, 6) is -1.40. The van der Waals surface area contributed by atoms with Gasteiger partial charge in [0.1, 0.15) is 6.61 Å². The number of nitrogens with zero attached hydrogens (tertiary/aromatic N) is 1. The van der Waals surface area contributed by atoms with E-state index in [0.717, 1.165) is 0 Å². The van der Waals surface area contributed by atoms with Crippen LogP contribution in [-0.2, 0) is 16.1 Å². The summed E-state index contributed by atoms with van der Waals surface area (Å²) >= 11 is 0. The number of methoxy groups -OCH3 is 1. The number of carboxylic acid groups (broad SMARTS) is 1. The van der Waals surface area contributed by atoms with Crippen LogP contribution in [0, 0.1) is 0 Å². The Morgan fingerprint density at radius 3 is 2.56 bits per heavy atom. The third-order valence-corrected chi connectivity index (χ3v) is 3.11. The average molecular weight is 347 g/mol. The van der Waals surface area contributed by atoms with E-state index in [1.165, 1.54) is 25.3 Å². The Balaban J connectivity index is 1.91. The number of aliphatic carboxylic acids is 1. The van der Waals surface area contributed by atoms with Crippen LogP contribution < -0.4 is 10.6 Å². The Morgan fingerprint density at radius 1 is 1.20 bits per heavy atom. The normalized spacial score (nSPS) is 10.3. The van der Waals surface area contributed by atoms with Crippen LogP contribution >= 0.6 is 0 Å². The number of rotatable bonds is 8. The van der Waals surface area contributed by atoms with Gasteiger partial charge in [0, 0.05) is 31.0 Å². The first-order valence-electron chi connectivity index (χ1n) is 7.35. The second kappa shape index (κ2) is 8.60. The van der Waals surface area contributed by atoms with Gasteiger partial charge >= 0.3 is 5.97 Å². The van der Waals surface area contributed by atoms with Crippen LogP contribution in [-0.4, -0.2) is 41.7 Å². The number of anilines is 1. The van der Waals surface area contributed by atoms with Gasteiger partial charge in [0.05, 0.1) is 6.42 Å². The molecule has 0 aliphatic heterocycles. The summed E-state index contributed by atoms with van der Waals surface area (Å²) in [5.41, 5.74) is 0.943. The fourth-order valence-corrected chi connectivity index (χ4v) is 1.92. The number of carbonyl (C=O) groups is 3. The third kappa shape index (κ3) is 5.43. The van der Waals surface area contributed by atoms with E-state index in [1.54, 1.807) is 12.1 Å². The summed E-state index contributed by atoms with van der Waals surface area (Å²) in [6, 6.07) is 7.62. The number of carbonyl (C=O) groups excluding carboxylic acids is 2. The zero-order valence-electron chi connectivity index (χ0n) is 13.4. The topological polar surface area (TPSA) is 131 Å². The van der Waals surface area contributed by atoms with Gasteiger partial charge in [-0.3, -0.25) is 14.4 Å². The highest BCUT2D eigenvalue weighted by molar-refractivity contribution is 6.03. The Kier molecular flexibility index (Phi) is 6.24. The van der Waals surface area contributed by atoms with Crippen LogP contribution in [0.15, 0.2) is 34.9 Å². The molecule has 1 aromatic heterocycles. The predicted molar refractivity (Wildman–Crippen MR) is 86.2 cm³/mol. The van der Waals surface area contributed by atoms with Crippen molar-refractivity contribution in [1.29, 1.82) is 0 Å². The number of ether oxygens (including phenoxy) is 1. The Hall–Kier alpha value is -3.20. The number of aromatic nitrogens is 1. The molecule has 9 nitrogen and oxygen atoms in total. The third-order valence-electron chi connectivity index (χ3n) is 3.11. The second-order valence-corrected chi connectivity index (χ2v) is 5.04. The van der Waals surface area contributed by atoms with Crippen LogP contribution in [0.25, 0.3) is 0 Å². The van der Waals surface area contributed by atoms with Crippen molar-refractivity contribution >= 4 is 23.5 Å². The largest absolute Gasteiger partial charge is 0.481 e. The second-order valence-electron chi connectivity index (χ2n) is 5.04. The first-order valence-corrected chi connectivity index (χ1v) is 7.35. The molecule has 0 fully saturated rings. The maximum absolute atomic E-state index is 12.0. The van der Waals surface area contributed by atoms with Gasteiger partial charge in [-0.15, -0.1) is 0 Å². The minimum absolute atomic E-state index is 0.0443. The fraction of sp³-hybridized carbons (Fsp3) is 0.250. The molecule has 25 heavy (non-hydrogen) atoms. The molecule has 0 aliphatic carbocycles. The highest BCUT2D eigenvalue weighted by Gasteiger charge is 2.13. The standard InChI is InChI=1S/C16H17N3O6/c1-24-9-12-8-13(19-25-12)16(23)18-11-4-2-10(3-5-11)15(22)17-7-6-14(20)21/h2-5,8H,6-7,9H2,1H3,(H,17,22)(H,18,23)(H,20,21). The summed E-state index contributed by atoms with van der Waals surface area (Å²) in [6.45, 7) is 0.259. The highest BCUT2D eigenvalue weighted by Crippen LogP contribution is 2.12. The minimum Gasteiger partial charge on any atom is -0.481 e. The highest BCUT2D eigenvalue weighted by atomic mass is 16.5. The van der Waals surface area contributed by atoms with Gasteiger partial charge in [-0.25, -0.2) is 0 Å². The van der Waals surface area contributed by atoms with E-state index in [9.17, 15) is 14.4 Å². The van der Waals surface area contributed by atoms with Crippen molar-refractivity contribution in [3.05, 3.63) is 47.3 Å². The van der Waals surface area contributed by atoms with Gasteiger partial charge in [-0.1, -0.05) is 5.16 Å². The molecule has 0 radical (unpaired) electrons. The van der Waals surface area contributed by atoms with Crippen molar-refractivity contribution in [3.63, 3.8) is 0 Å². The molecular weight excluding hydrogens is 330 g/mol. The van der Waals surface area contributed by atoms with Crippen molar-refractivity contribution in [2.45, 2.75) is 13.0 Å². The Labute approximate surface area is 143 Å². The van der Waals surface area contributed by atoms with Gasteiger partial charge in [-0.05, 0) is 24.3 Å². The van der Waals surface area contributed by atoms with Crippen LogP contribution in [0.5, 0.6) is 0 Å². The van der Waals surface area contributed by atoms with Crippen LogP contribution in [0.1, 0.15) is 33.0 Å². The fourth-order valence-electron chi connectivity index (χ4n) is 1.92. The molecule has 0 unspecified atom stereocenters. The molecule has 132 valence electrons. The van der Waals surface area contributed by atoms with Gasteiger partial charge in [-0.2, -0.15) is 0 Å². The van der Waals surface area contributed by atoms with Crippen molar-refractivity contribution in [1.82, 2.24) is 10.5 Å². The molecule has 3 N–H and O–H groups in total. The zero-order chi connectivity index (χ0) is 18.2. The molecule has 1 heterocycles. The predicted octanol–water partition coefficient (Wildman–Crippen LogP) is 1.28. The van der Waals surface area contributed by atoms with Crippen LogP contribution in [0.2, 0.25) is 0 Å². The molecular formula is C16H17N3O6. The Morgan fingerprint density at radius 2 is 1.92 bits per heavy atom. The minimum atomic E-state index is -0.986. The maximum atomic E-state index is 12.0. The van der Waals surface area contributed by atoms with Gasteiger partial charge < -0.3 is 25.0 Å². The Bertz CT molecular complexity index is 753. The molecule has 9 heteroatoms. The van der Waals surface area contributed by atoms with Crippen molar-refractivity contribution in [2.75, 3.05) is 19.0 Å². The average Bonchev–Trinajstić information content (AvgIpc) is 3.04. The van der Waals surface area contributed by atoms with Crippen molar-refractivity contribution in [2.24, 2.45) is 0 Å². The smallest absolute Gasteiger partial charge is 0.305 e. The van der Waals surface area contributed by atoms with E-state index in [2.05, 4.69) is 15.8 Å². The lowest BCUT2D eigenvalue weighted by molar-refractivity contribution is -0.136. The molecule has 0 atom stereocenters. The number of amides is 2. The van der Waals surface area contributed by atoms with E-state index in [-0.39, 0.29) is 31.2 Å². The molecule has 0 aliphatic rings. The lowest BCUT2D eigenvalue weighted by atomic mass is 10.2. The lowest BCUT2D eigenvalue weighted by Crippen LogP contribution is -2.25. The van der Waals surface area contributed by atoms with E-state index in [1.807, 2.05) is 0 Å². The first kappa shape index (κ1) is 18.1. The SMILES string of the molecule is COCc1cc(C(=O)Nc2ccc(C(=O)NCCC(=O)O)cc2)no1. The quantitative estimate of drug-likeness (QED) is 0.655. The maximum Gasteiger partial charge on any atom is 0.305 e.